The van der Waals surface area contributed by atoms with Gasteiger partial charge in [-0.25, -0.2) is 0 Å². The van der Waals surface area contributed by atoms with Crippen LogP contribution in [0.25, 0.3) is 0 Å². The summed E-state index contributed by atoms with van der Waals surface area (Å²) >= 11 is 9.27. The van der Waals surface area contributed by atoms with Gasteiger partial charge in [0.2, 0.25) is 0 Å². The first-order valence-electron chi connectivity index (χ1n) is 4.79. The zero-order valence-electron chi connectivity index (χ0n) is 8.34. The Morgan fingerprint density at radius 2 is 2.27 bits per heavy atom. The van der Waals surface area contributed by atoms with E-state index >= 15 is 0 Å². The van der Waals surface area contributed by atoms with Crippen molar-refractivity contribution in [3.05, 3.63) is 33.3 Å². The van der Waals surface area contributed by atoms with E-state index in [1.807, 2.05) is 18.2 Å². The van der Waals surface area contributed by atoms with Crippen molar-refractivity contribution in [2.24, 2.45) is 5.73 Å². The Balaban J connectivity index is 2.62. The summed E-state index contributed by atoms with van der Waals surface area (Å²) in [7, 11) is 0. The molecule has 0 spiro atoms. The average Bonchev–Trinajstić information content (AvgIpc) is 2.22. The number of benzene rings is 1. The molecule has 80 valence electrons. The number of unbranched alkanes of at least 4 members (excludes halogenated alkanes) is 1. The van der Waals surface area contributed by atoms with Crippen LogP contribution in [-0.2, 0) is 0 Å². The molecule has 15 heavy (non-hydrogen) atoms. The highest BCUT2D eigenvalue weighted by atomic mass is 79.9. The lowest BCUT2D eigenvalue weighted by molar-refractivity contribution is 0.621. The van der Waals surface area contributed by atoms with Gasteiger partial charge in [0.15, 0.2) is 0 Å². The highest BCUT2D eigenvalue weighted by molar-refractivity contribution is 9.10. The summed E-state index contributed by atoms with van der Waals surface area (Å²) in [4.78, 5) is 0. The average molecular weight is 287 g/mol. The van der Waals surface area contributed by atoms with Gasteiger partial charge in [0.25, 0.3) is 0 Å². The number of hydrogen-bond acceptors (Lipinski definition) is 1. The Hall–Kier alpha value is -0.490. The van der Waals surface area contributed by atoms with Crippen molar-refractivity contribution >= 4 is 27.5 Å². The van der Waals surface area contributed by atoms with E-state index < -0.39 is 0 Å². The topological polar surface area (TPSA) is 26.0 Å². The van der Waals surface area contributed by atoms with E-state index in [0.717, 1.165) is 29.3 Å². The first-order valence-corrected chi connectivity index (χ1v) is 5.96. The normalized spacial score (nSPS) is 12.1. The molecule has 1 rings (SSSR count). The van der Waals surface area contributed by atoms with Gasteiger partial charge in [-0.3, -0.25) is 0 Å². The van der Waals surface area contributed by atoms with Crippen LogP contribution >= 0.6 is 27.5 Å². The van der Waals surface area contributed by atoms with Crippen LogP contribution in [-0.4, -0.2) is 0 Å². The molecule has 1 atom stereocenters. The highest BCUT2D eigenvalue weighted by Gasteiger charge is 2.07. The Kier molecular flexibility index (Phi) is 5.17. The summed E-state index contributed by atoms with van der Waals surface area (Å²) in [6, 6.07) is 5.80. The molecular weight excluding hydrogens is 273 g/mol. The van der Waals surface area contributed by atoms with Crippen LogP contribution in [0.1, 0.15) is 30.9 Å². The van der Waals surface area contributed by atoms with Crippen LogP contribution < -0.4 is 5.73 Å². The third-order valence-electron chi connectivity index (χ3n) is 2.21. The smallest absolute Gasteiger partial charge is 0.0548 e. The van der Waals surface area contributed by atoms with E-state index in [1.165, 1.54) is 0 Å². The third kappa shape index (κ3) is 3.87. The zero-order valence-corrected chi connectivity index (χ0v) is 10.7. The Morgan fingerprint density at radius 3 is 2.87 bits per heavy atom. The molecule has 1 nitrogen and oxygen atoms in total. The highest BCUT2D eigenvalue weighted by Crippen LogP contribution is 2.26. The van der Waals surface area contributed by atoms with Crippen LogP contribution in [0.15, 0.2) is 22.7 Å². The van der Waals surface area contributed by atoms with E-state index in [9.17, 15) is 0 Å². The Morgan fingerprint density at radius 1 is 1.53 bits per heavy atom. The summed E-state index contributed by atoms with van der Waals surface area (Å²) < 4.78 is 0.883. The zero-order chi connectivity index (χ0) is 11.3. The van der Waals surface area contributed by atoms with Crippen LogP contribution in [0.5, 0.6) is 0 Å². The minimum absolute atomic E-state index is 0.0342. The van der Waals surface area contributed by atoms with Crippen LogP contribution in [0.4, 0.5) is 0 Å². The first-order chi connectivity index (χ1) is 7.15. The lowest BCUT2D eigenvalue weighted by atomic mass is 10.0. The van der Waals surface area contributed by atoms with Crippen molar-refractivity contribution in [2.75, 3.05) is 0 Å². The molecule has 0 amide bonds. The predicted molar refractivity (Wildman–Crippen MR) is 68.8 cm³/mol. The largest absolute Gasteiger partial charge is 0.324 e. The van der Waals surface area contributed by atoms with Crippen LogP contribution in [0.2, 0.25) is 5.02 Å². The van der Waals surface area contributed by atoms with E-state index in [0.29, 0.717) is 5.02 Å². The molecule has 0 saturated carbocycles. The molecule has 3 heteroatoms. The second-order valence-corrected chi connectivity index (χ2v) is 4.64. The van der Waals surface area contributed by atoms with Crippen molar-refractivity contribution in [3.63, 3.8) is 0 Å². The second-order valence-electron chi connectivity index (χ2n) is 3.38. The van der Waals surface area contributed by atoms with Crippen LogP contribution in [0.3, 0.4) is 0 Å². The molecule has 0 bridgehead atoms. The van der Waals surface area contributed by atoms with Gasteiger partial charge in [0.1, 0.15) is 0 Å². The minimum Gasteiger partial charge on any atom is -0.324 e. The van der Waals surface area contributed by atoms with Gasteiger partial charge in [0.05, 0.1) is 5.02 Å². The van der Waals surface area contributed by atoms with E-state index in [2.05, 4.69) is 21.9 Å². The molecule has 0 saturated heterocycles. The van der Waals surface area contributed by atoms with Gasteiger partial charge >= 0.3 is 0 Å². The predicted octanol–water partition coefficient (Wildman–Crippen LogP) is 3.91. The van der Waals surface area contributed by atoms with Crippen molar-refractivity contribution in [3.8, 4) is 12.3 Å². The standard InChI is InChI=1S/C12H13BrClN/c1-2-3-4-5-12(15)9-6-7-11(14)10(13)8-9/h1,6-8,12H,3-5,15H2. The SMILES string of the molecule is C#CCCCC(N)c1ccc(Cl)c(Br)c1. The summed E-state index contributed by atoms with van der Waals surface area (Å²) in [6.45, 7) is 0. The van der Waals surface area contributed by atoms with Gasteiger partial charge in [-0.15, -0.1) is 12.3 Å². The Bertz CT molecular complexity index is 370. The maximum absolute atomic E-state index is 6.02. The number of hydrogen-bond donors (Lipinski definition) is 1. The maximum atomic E-state index is 6.02. The fourth-order valence-electron chi connectivity index (χ4n) is 1.33. The first kappa shape index (κ1) is 12.6. The number of nitrogens with two attached hydrogens (primary N) is 1. The van der Waals surface area contributed by atoms with Gasteiger partial charge in [-0.05, 0) is 46.5 Å². The maximum Gasteiger partial charge on any atom is 0.0548 e. The molecule has 0 aliphatic heterocycles. The molecule has 0 heterocycles. The monoisotopic (exact) mass is 285 g/mol. The third-order valence-corrected chi connectivity index (χ3v) is 3.42. The molecule has 0 aliphatic rings. The molecule has 0 aromatic heterocycles. The summed E-state index contributed by atoms with van der Waals surface area (Å²) in [6.07, 6.45) is 7.82. The van der Waals surface area contributed by atoms with Crippen molar-refractivity contribution in [2.45, 2.75) is 25.3 Å². The molecule has 0 aliphatic carbocycles. The van der Waals surface area contributed by atoms with Crippen LogP contribution in [0, 0.1) is 12.3 Å². The van der Waals surface area contributed by atoms with E-state index in [-0.39, 0.29) is 6.04 Å². The van der Waals surface area contributed by atoms with Gasteiger partial charge in [0, 0.05) is 16.9 Å². The Labute approximate surface area is 104 Å². The molecule has 0 radical (unpaired) electrons. The number of terminal acetylenes is 1. The molecule has 0 fully saturated rings. The summed E-state index contributed by atoms with van der Waals surface area (Å²) in [5.41, 5.74) is 7.11. The lowest BCUT2D eigenvalue weighted by Gasteiger charge is -2.11. The quantitative estimate of drug-likeness (QED) is 0.659. The van der Waals surface area contributed by atoms with Gasteiger partial charge in [-0.1, -0.05) is 17.7 Å². The van der Waals surface area contributed by atoms with Gasteiger partial charge < -0.3 is 5.73 Å². The molecular formula is C12H13BrClN. The van der Waals surface area contributed by atoms with Gasteiger partial charge in [-0.2, -0.15) is 0 Å². The molecule has 1 aromatic rings. The lowest BCUT2D eigenvalue weighted by Crippen LogP contribution is -2.09. The molecule has 1 aromatic carbocycles. The molecule has 1 unspecified atom stereocenters. The molecule has 2 N–H and O–H groups in total. The van der Waals surface area contributed by atoms with E-state index in [1.54, 1.807) is 0 Å². The minimum atomic E-state index is 0.0342. The van der Waals surface area contributed by atoms with Crippen molar-refractivity contribution < 1.29 is 0 Å². The van der Waals surface area contributed by atoms with Crippen molar-refractivity contribution in [1.82, 2.24) is 0 Å². The van der Waals surface area contributed by atoms with Crippen molar-refractivity contribution in [1.29, 1.82) is 0 Å². The summed E-state index contributed by atoms with van der Waals surface area (Å²) in [5.74, 6) is 2.61. The fourth-order valence-corrected chi connectivity index (χ4v) is 1.85. The summed E-state index contributed by atoms with van der Waals surface area (Å²) in [5, 5.41) is 0.703. The second kappa shape index (κ2) is 6.17. The van der Waals surface area contributed by atoms with E-state index in [4.69, 9.17) is 23.8 Å². The fraction of sp³-hybridized carbons (Fsp3) is 0.333. The number of rotatable bonds is 4. The number of halogens is 2.